The van der Waals surface area contributed by atoms with Crippen molar-refractivity contribution in [1.29, 1.82) is 0 Å². The van der Waals surface area contributed by atoms with E-state index in [9.17, 15) is 8.78 Å². The fourth-order valence-electron chi connectivity index (χ4n) is 4.08. The van der Waals surface area contributed by atoms with Gasteiger partial charge in [0.05, 0.1) is 12.4 Å². The highest BCUT2D eigenvalue weighted by molar-refractivity contribution is 5.59. The Bertz CT molecular complexity index is 932. The van der Waals surface area contributed by atoms with E-state index in [2.05, 4.69) is 30.5 Å². The number of allylic oxidation sites excluding steroid dienone is 1. The lowest BCUT2D eigenvalue weighted by molar-refractivity contribution is 0.110. The molecule has 2 aromatic rings. The van der Waals surface area contributed by atoms with Crippen LogP contribution in [-0.4, -0.2) is 32.2 Å². The van der Waals surface area contributed by atoms with Crippen LogP contribution in [0.5, 0.6) is 0 Å². The molecule has 0 N–H and O–H groups in total. The van der Waals surface area contributed by atoms with Gasteiger partial charge in [0.25, 0.3) is 0 Å². The molecule has 1 unspecified atom stereocenters. The molecule has 1 fully saturated rings. The van der Waals surface area contributed by atoms with Gasteiger partial charge < -0.3 is 19.3 Å². The zero-order valence-corrected chi connectivity index (χ0v) is 14.4. The van der Waals surface area contributed by atoms with Crippen molar-refractivity contribution in [2.75, 3.05) is 11.4 Å². The Morgan fingerprint density at radius 1 is 1.19 bits per heavy atom. The van der Waals surface area contributed by atoms with Crippen molar-refractivity contribution in [3.63, 3.8) is 0 Å². The molecule has 0 spiro atoms. The number of rotatable bonds is 2. The first kappa shape index (κ1) is 15.4. The molecule has 0 amide bonds. The summed E-state index contributed by atoms with van der Waals surface area (Å²) < 4.78 is 29.6. The minimum Gasteiger partial charge on any atom is -0.336 e. The third-order valence-corrected chi connectivity index (χ3v) is 5.31. The molecule has 1 aromatic heterocycles. The monoisotopic (exact) mass is 355 g/mol. The highest BCUT2D eigenvalue weighted by Gasteiger charge is 2.39. The van der Waals surface area contributed by atoms with Crippen LogP contribution in [0.4, 0.5) is 14.5 Å². The molecule has 1 aromatic carbocycles. The first-order valence-corrected chi connectivity index (χ1v) is 8.78. The van der Waals surface area contributed by atoms with Gasteiger partial charge in [-0.25, -0.2) is 13.8 Å². The normalized spacial score (nSPS) is 21.3. The van der Waals surface area contributed by atoms with E-state index in [4.69, 9.17) is 0 Å². The van der Waals surface area contributed by atoms with Crippen molar-refractivity contribution < 1.29 is 8.78 Å². The number of anilines is 1. The highest BCUT2D eigenvalue weighted by atomic mass is 19.2. The largest absolute Gasteiger partial charge is 0.336 e. The summed E-state index contributed by atoms with van der Waals surface area (Å²) in [6.07, 6.45) is 11.8. The number of imidazole rings is 1. The van der Waals surface area contributed by atoms with Gasteiger partial charge in [-0.1, -0.05) is 0 Å². The Kier molecular flexibility index (Phi) is 3.32. The van der Waals surface area contributed by atoms with E-state index in [1.807, 2.05) is 25.4 Å². The molecule has 3 aliphatic heterocycles. The fourth-order valence-corrected chi connectivity index (χ4v) is 4.08. The standard InChI is InChI=1S/C19H19F2N5/c1-13-9-15(20)16(21)10-17(13)26-11-14-3-2-6-25(14)19(26)24-7-4-18-22-5-8-23(18)12-24/h4-5,7-11,19H,2-3,6,12H2,1H3. The van der Waals surface area contributed by atoms with Crippen molar-refractivity contribution >= 4 is 11.8 Å². The van der Waals surface area contributed by atoms with Gasteiger partial charge in [-0.2, -0.15) is 0 Å². The molecule has 5 rings (SSSR count). The van der Waals surface area contributed by atoms with E-state index in [0.717, 1.165) is 30.8 Å². The van der Waals surface area contributed by atoms with Crippen molar-refractivity contribution in [3.05, 3.63) is 65.6 Å². The number of nitrogens with zero attached hydrogens (tertiary/aromatic N) is 5. The number of benzene rings is 1. The van der Waals surface area contributed by atoms with E-state index in [1.165, 1.54) is 17.8 Å². The highest BCUT2D eigenvalue weighted by Crippen LogP contribution is 2.39. The first-order chi connectivity index (χ1) is 12.6. The molecule has 0 bridgehead atoms. The molecule has 5 nitrogen and oxygen atoms in total. The van der Waals surface area contributed by atoms with Crippen LogP contribution < -0.4 is 4.90 Å². The summed E-state index contributed by atoms with van der Waals surface area (Å²) in [5.74, 6) is -0.707. The van der Waals surface area contributed by atoms with E-state index in [1.54, 1.807) is 6.20 Å². The van der Waals surface area contributed by atoms with Crippen molar-refractivity contribution in [3.8, 4) is 0 Å². The maximum atomic E-state index is 14.0. The average molecular weight is 355 g/mol. The molecule has 1 atom stereocenters. The lowest BCUT2D eigenvalue weighted by atomic mass is 10.1. The second-order valence-electron chi connectivity index (χ2n) is 6.95. The predicted octanol–water partition coefficient (Wildman–Crippen LogP) is 3.45. The number of aryl methyl sites for hydroxylation is 1. The SMILES string of the molecule is Cc1cc(F)c(F)cc1N1C=C2CCCN2C1N1C=Cc2nccn2C1. The summed E-state index contributed by atoms with van der Waals surface area (Å²) in [6, 6.07) is 2.57. The Hall–Kier alpha value is -2.83. The van der Waals surface area contributed by atoms with Crippen molar-refractivity contribution in [2.45, 2.75) is 32.7 Å². The molecule has 4 heterocycles. The van der Waals surface area contributed by atoms with Crippen LogP contribution in [0.2, 0.25) is 0 Å². The van der Waals surface area contributed by atoms with Gasteiger partial charge >= 0.3 is 0 Å². The number of hydrogen-bond acceptors (Lipinski definition) is 4. The van der Waals surface area contributed by atoms with Crippen molar-refractivity contribution in [1.82, 2.24) is 19.4 Å². The second-order valence-corrected chi connectivity index (χ2v) is 6.95. The zero-order valence-electron chi connectivity index (χ0n) is 14.4. The van der Waals surface area contributed by atoms with Crippen LogP contribution in [0.3, 0.4) is 0 Å². The van der Waals surface area contributed by atoms with Crippen LogP contribution in [0, 0.1) is 18.6 Å². The summed E-state index contributed by atoms with van der Waals surface area (Å²) in [5.41, 5.74) is 2.65. The third kappa shape index (κ3) is 2.23. The van der Waals surface area contributed by atoms with Crippen LogP contribution in [0.25, 0.3) is 6.08 Å². The fraction of sp³-hybridized carbons (Fsp3) is 0.316. The van der Waals surface area contributed by atoms with Gasteiger partial charge in [0, 0.05) is 43.1 Å². The zero-order chi connectivity index (χ0) is 17.8. The van der Waals surface area contributed by atoms with Gasteiger partial charge in [-0.05, 0) is 37.5 Å². The minimum atomic E-state index is -0.819. The number of fused-ring (bicyclic) bond motifs is 2. The predicted molar refractivity (Wildman–Crippen MR) is 94.5 cm³/mol. The summed E-state index contributed by atoms with van der Waals surface area (Å²) in [5, 5.41) is 0. The molecule has 0 saturated carbocycles. The van der Waals surface area contributed by atoms with E-state index in [-0.39, 0.29) is 6.29 Å². The summed E-state index contributed by atoms with van der Waals surface area (Å²) in [4.78, 5) is 10.9. The van der Waals surface area contributed by atoms with Gasteiger partial charge in [-0.15, -0.1) is 0 Å². The van der Waals surface area contributed by atoms with Crippen LogP contribution in [-0.2, 0) is 6.67 Å². The van der Waals surface area contributed by atoms with Gasteiger partial charge in [-0.3, -0.25) is 0 Å². The van der Waals surface area contributed by atoms with Gasteiger partial charge in [0.2, 0.25) is 0 Å². The topological polar surface area (TPSA) is 27.5 Å². The summed E-state index contributed by atoms with van der Waals surface area (Å²) in [7, 11) is 0. The second kappa shape index (κ2) is 5.59. The van der Waals surface area contributed by atoms with Crippen molar-refractivity contribution in [2.24, 2.45) is 0 Å². The molecule has 1 saturated heterocycles. The molecular weight excluding hydrogens is 336 g/mol. The van der Waals surface area contributed by atoms with Gasteiger partial charge in [0.1, 0.15) is 5.82 Å². The lowest BCUT2D eigenvalue weighted by Crippen LogP contribution is -2.51. The molecule has 134 valence electrons. The average Bonchev–Trinajstić information content (AvgIpc) is 3.32. The first-order valence-electron chi connectivity index (χ1n) is 8.78. The van der Waals surface area contributed by atoms with Crippen LogP contribution in [0.15, 0.2) is 42.6 Å². The van der Waals surface area contributed by atoms with Gasteiger partial charge in [0.15, 0.2) is 17.9 Å². The Balaban J connectivity index is 1.56. The minimum absolute atomic E-state index is 0.0946. The molecule has 7 heteroatoms. The molecule has 0 aliphatic carbocycles. The Morgan fingerprint density at radius 2 is 2.04 bits per heavy atom. The van der Waals surface area contributed by atoms with Crippen LogP contribution >= 0.6 is 0 Å². The maximum absolute atomic E-state index is 14.0. The quantitative estimate of drug-likeness (QED) is 0.825. The summed E-state index contributed by atoms with van der Waals surface area (Å²) >= 11 is 0. The lowest BCUT2D eigenvalue weighted by Gasteiger charge is -2.41. The molecule has 0 radical (unpaired) electrons. The number of hydrogen-bond donors (Lipinski definition) is 0. The van der Waals surface area contributed by atoms with E-state index < -0.39 is 11.6 Å². The smallest absolute Gasteiger partial charge is 0.186 e. The number of halogens is 2. The summed E-state index contributed by atoms with van der Waals surface area (Å²) in [6.45, 7) is 3.43. The Morgan fingerprint density at radius 3 is 2.92 bits per heavy atom. The Labute approximate surface area is 150 Å². The van der Waals surface area contributed by atoms with E-state index >= 15 is 0 Å². The number of aromatic nitrogens is 2. The molecule has 26 heavy (non-hydrogen) atoms. The maximum Gasteiger partial charge on any atom is 0.186 e. The van der Waals surface area contributed by atoms with Crippen LogP contribution in [0.1, 0.15) is 24.2 Å². The third-order valence-electron chi connectivity index (χ3n) is 5.31. The van der Waals surface area contributed by atoms with E-state index in [0.29, 0.717) is 12.4 Å². The molecular formula is C19H19F2N5. The molecule has 3 aliphatic rings.